The van der Waals surface area contributed by atoms with E-state index in [-0.39, 0.29) is 5.91 Å². The minimum Gasteiger partial charge on any atom is -0.347 e. The first-order chi connectivity index (χ1) is 9.60. The van der Waals surface area contributed by atoms with E-state index in [1.807, 2.05) is 10.3 Å². The molecule has 110 valence electrons. The molecule has 5 nitrogen and oxygen atoms in total. The highest BCUT2D eigenvalue weighted by atomic mass is 32.1. The van der Waals surface area contributed by atoms with Gasteiger partial charge in [0.05, 0.1) is 18.2 Å². The van der Waals surface area contributed by atoms with Gasteiger partial charge < -0.3 is 14.4 Å². The van der Waals surface area contributed by atoms with Crippen molar-refractivity contribution >= 4 is 17.2 Å². The van der Waals surface area contributed by atoms with Gasteiger partial charge in [0.2, 0.25) is 0 Å². The van der Waals surface area contributed by atoms with Crippen LogP contribution in [-0.4, -0.2) is 47.9 Å². The minimum absolute atomic E-state index is 0.0287. The summed E-state index contributed by atoms with van der Waals surface area (Å²) >= 11 is 1.56. The number of aromatic nitrogens is 1. The molecular formula is C14H20N2O3S. The lowest BCUT2D eigenvalue weighted by atomic mass is 10.0. The number of rotatable bonds is 2. The van der Waals surface area contributed by atoms with Gasteiger partial charge in [-0.2, -0.15) is 0 Å². The topological polar surface area (TPSA) is 51.7 Å². The van der Waals surface area contributed by atoms with Gasteiger partial charge in [-0.1, -0.05) is 13.8 Å². The van der Waals surface area contributed by atoms with Crippen LogP contribution in [-0.2, 0) is 9.47 Å². The van der Waals surface area contributed by atoms with Gasteiger partial charge in [-0.15, -0.1) is 11.3 Å². The van der Waals surface area contributed by atoms with Crippen LogP contribution in [0.4, 0.5) is 0 Å². The Morgan fingerprint density at radius 3 is 2.55 bits per heavy atom. The molecule has 3 rings (SSSR count). The van der Waals surface area contributed by atoms with Gasteiger partial charge in [0.15, 0.2) is 5.79 Å². The fraction of sp³-hybridized carbons (Fsp3) is 0.714. The van der Waals surface area contributed by atoms with Crippen LogP contribution >= 0.6 is 11.3 Å². The molecule has 1 spiro atoms. The molecule has 1 amide bonds. The highest BCUT2D eigenvalue weighted by Gasteiger charge is 2.41. The number of thiazole rings is 1. The molecule has 6 heteroatoms. The second-order valence-corrected chi connectivity index (χ2v) is 6.52. The lowest BCUT2D eigenvalue weighted by Crippen LogP contribution is -2.47. The summed E-state index contributed by atoms with van der Waals surface area (Å²) in [5.41, 5.74) is 0.572. The van der Waals surface area contributed by atoms with E-state index in [2.05, 4.69) is 18.8 Å². The van der Waals surface area contributed by atoms with Gasteiger partial charge in [0, 0.05) is 37.2 Å². The van der Waals surface area contributed by atoms with Gasteiger partial charge >= 0.3 is 0 Å². The van der Waals surface area contributed by atoms with Crippen LogP contribution in [0.5, 0.6) is 0 Å². The fourth-order valence-electron chi connectivity index (χ4n) is 2.65. The van der Waals surface area contributed by atoms with E-state index in [0.717, 1.165) is 17.8 Å². The van der Waals surface area contributed by atoms with Crippen molar-refractivity contribution in [3.8, 4) is 0 Å². The van der Waals surface area contributed by atoms with Crippen LogP contribution in [0.1, 0.15) is 48.1 Å². The summed E-state index contributed by atoms with van der Waals surface area (Å²) < 4.78 is 11.4. The highest BCUT2D eigenvalue weighted by molar-refractivity contribution is 7.09. The van der Waals surface area contributed by atoms with E-state index >= 15 is 0 Å². The lowest BCUT2D eigenvalue weighted by Gasteiger charge is -2.37. The van der Waals surface area contributed by atoms with Crippen molar-refractivity contribution in [2.24, 2.45) is 0 Å². The smallest absolute Gasteiger partial charge is 0.273 e. The molecule has 1 aromatic heterocycles. The second kappa shape index (κ2) is 5.42. The molecular weight excluding hydrogens is 276 g/mol. The lowest BCUT2D eigenvalue weighted by molar-refractivity contribution is -0.181. The fourth-order valence-corrected chi connectivity index (χ4v) is 3.46. The normalized spacial score (nSPS) is 21.9. The Morgan fingerprint density at radius 1 is 1.35 bits per heavy atom. The Hall–Kier alpha value is -0.980. The quantitative estimate of drug-likeness (QED) is 0.840. The van der Waals surface area contributed by atoms with Gasteiger partial charge in [0.25, 0.3) is 5.91 Å². The Morgan fingerprint density at radius 2 is 2.00 bits per heavy atom. The summed E-state index contributed by atoms with van der Waals surface area (Å²) in [7, 11) is 0. The molecule has 1 aromatic rings. The van der Waals surface area contributed by atoms with E-state index < -0.39 is 5.79 Å². The summed E-state index contributed by atoms with van der Waals surface area (Å²) in [6, 6.07) is 0. The molecule has 0 radical (unpaired) electrons. The van der Waals surface area contributed by atoms with Crippen molar-refractivity contribution in [3.63, 3.8) is 0 Å². The van der Waals surface area contributed by atoms with E-state index in [1.54, 1.807) is 11.3 Å². The Labute approximate surface area is 122 Å². The van der Waals surface area contributed by atoms with Crippen molar-refractivity contribution in [3.05, 3.63) is 16.1 Å². The number of hydrogen-bond donors (Lipinski definition) is 0. The third-order valence-corrected chi connectivity index (χ3v) is 5.01. The summed E-state index contributed by atoms with van der Waals surface area (Å²) in [6.07, 6.45) is 1.50. The molecule has 0 aromatic carbocycles. The SMILES string of the molecule is CC(C)c1nc(C(=O)N2CCC3(CC2)OCCO3)cs1. The molecule has 2 fully saturated rings. The molecule has 3 heterocycles. The maximum atomic E-state index is 12.4. The molecule has 2 aliphatic rings. The van der Waals surface area contributed by atoms with Gasteiger partial charge in [0.1, 0.15) is 5.69 Å². The van der Waals surface area contributed by atoms with Crippen molar-refractivity contribution in [2.75, 3.05) is 26.3 Å². The number of carbonyl (C=O) groups is 1. The molecule has 0 atom stereocenters. The summed E-state index contributed by atoms with van der Waals surface area (Å²) in [6.45, 7) is 6.86. The zero-order chi connectivity index (χ0) is 14.2. The predicted molar refractivity (Wildman–Crippen MR) is 76.0 cm³/mol. The highest BCUT2D eigenvalue weighted by Crippen LogP contribution is 2.32. The minimum atomic E-state index is -0.429. The maximum absolute atomic E-state index is 12.4. The van der Waals surface area contributed by atoms with Crippen molar-refractivity contribution < 1.29 is 14.3 Å². The van der Waals surface area contributed by atoms with E-state index in [4.69, 9.17) is 9.47 Å². The van der Waals surface area contributed by atoms with Crippen molar-refractivity contribution in [1.29, 1.82) is 0 Å². The molecule has 0 aliphatic carbocycles. The number of carbonyl (C=O) groups excluding carboxylic acids is 1. The third-order valence-electron chi connectivity index (χ3n) is 3.86. The molecule has 0 bridgehead atoms. The van der Waals surface area contributed by atoms with Crippen molar-refractivity contribution in [2.45, 2.75) is 38.4 Å². The largest absolute Gasteiger partial charge is 0.347 e. The number of ether oxygens (including phenoxy) is 2. The average molecular weight is 296 g/mol. The van der Waals surface area contributed by atoms with E-state index in [1.165, 1.54) is 0 Å². The molecule has 2 saturated heterocycles. The predicted octanol–water partition coefficient (Wildman–Crippen LogP) is 2.25. The van der Waals surface area contributed by atoms with Gasteiger partial charge in [-0.05, 0) is 0 Å². The Balaban J connectivity index is 1.63. The molecule has 0 unspecified atom stereocenters. The molecule has 0 saturated carbocycles. The molecule has 2 aliphatic heterocycles. The van der Waals surface area contributed by atoms with E-state index in [9.17, 15) is 4.79 Å². The van der Waals surface area contributed by atoms with E-state index in [0.29, 0.717) is 37.9 Å². The van der Waals surface area contributed by atoms with Crippen LogP contribution in [0.3, 0.4) is 0 Å². The Bertz CT molecular complexity index is 484. The number of likely N-dealkylation sites (tertiary alicyclic amines) is 1. The Kier molecular flexibility index (Phi) is 3.79. The van der Waals surface area contributed by atoms with Gasteiger partial charge in [-0.25, -0.2) is 4.98 Å². The van der Waals surface area contributed by atoms with Crippen LogP contribution in [0.15, 0.2) is 5.38 Å². The number of nitrogens with zero attached hydrogens (tertiary/aromatic N) is 2. The van der Waals surface area contributed by atoms with Crippen LogP contribution in [0, 0.1) is 0 Å². The molecule has 20 heavy (non-hydrogen) atoms. The zero-order valence-electron chi connectivity index (χ0n) is 11.9. The maximum Gasteiger partial charge on any atom is 0.273 e. The molecule has 0 N–H and O–H groups in total. The summed E-state index contributed by atoms with van der Waals surface area (Å²) in [5, 5.41) is 2.88. The second-order valence-electron chi connectivity index (χ2n) is 5.63. The van der Waals surface area contributed by atoms with Gasteiger partial charge in [-0.3, -0.25) is 4.79 Å². The zero-order valence-corrected chi connectivity index (χ0v) is 12.7. The summed E-state index contributed by atoms with van der Waals surface area (Å²) in [5.74, 6) is -0.0328. The van der Waals surface area contributed by atoms with Crippen LogP contribution < -0.4 is 0 Å². The first-order valence-corrected chi connectivity index (χ1v) is 8.00. The monoisotopic (exact) mass is 296 g/mol. The van der Waals surface area contributed by atoms with Crippen molar-refractivity contribution in [1.82, 2.24) is 9.88 Å². The average Bonchev–Trinajstić information content (AvgIpc) is 3.08. The number of piperidine rings is 1. The first-order valence-electron chi connectivity index (χ1n) is 7.12. The first kappa shape index (κ1) is 14.0. The van der Waals surface area contributed by atoms with Crippen LogP contribution in [0.2, 0.25) is 0 Å². The summed E-state index contributed by atoms with van der Waals surface area (Å²) in [4.78, 5) is 18.7. The standard InChI is InChI=1S/C14H20N2O3S/c1-10(2)12-15-11(9-20-12)13(17)16-5-3-14(4-6-16)18-7-8-19-14/h9-10H,3-8H2,1-2H3. The van der Waals surface area contributed by atoms with Crippen LogP contribution in [0.25, 0.3) is 0 Å². The number of amides is 1. The number of hydrogen-bond acceptors (Lipinski definition) is 5. The third kappa shape index (κ3) is 2.60.